The molecule has 0 radical (unpaired) electrons. The van der Waals surface area contributed by atoms with E-state index in [1.807, 2.05) is 6.92 Å². The molecule has 0 fully saturated rings. The van der Waals surface area contributed by atoms with Crippen molar-refractivity contribution in [2.75, 3.05) is 6.61 Å². The normalized spacial score (nSPS) is 11.1. The van der Waals surface area contributed by atoms with Gasteiger partial charge in [0.25, 0.3) is 0 Å². The van der Waals surface area contributed by atoms with E-state index >= 15 is 0 Å². The molecule has 0 N–H and O–H groups in total. The van der Waals surface area contributed by atoms with Gasteiger partial charge in [0.1, 0.15) is 5.75 Å². The SMILES string of the molecule is CCCOC(=O)C(CC)(CC)C(=O)Oc1ccc(Cl)cc1Cl. The smallest absolute Gasteiger partial charge is 0.328 e. The van der Waals surface area contributed by atoms with Crippen molar-refractivity contribution in [1.82, 2.24) is 0 Å². The maximum absolute atomic E-state index is 12.5. The number of carbonyl (C=O) groups is 2. The first-order valence-electron chi connectivity index (χ1n) is 7.25. The van der Waals surface area contributed by atoms with E-state index < -0.39 is 17.4 Å². The average molecular weight is 347 g/mol. The molecule has 0 aliphatic rings. The van der Waals surface area contributed by atoms with E-state index in [-0.39, 0.29) is 30.2 Å². The number of esters is 2. The fraction of sp³-hybridized carbons (Fsp3) is 0.500. The average Bonchev–Trinajstić information content (AvgIpc) is 2.49. The Bertz CT molecular complexity index is 539. The third-order valence-corrected chi connectivity index (χ3v) is 4.05. The zero-order valence-electron chi connectivity index (χ0n) is 12.9. The molecule has 0 aliphatic heterocycles. The topological polar surface area (TPSA) is 52.6 Å². The van der Waals surface area contributed by atoms with Gasteiger partial charge in [0.2, 0.25) is 0 Å². The molecule has 0 spiro atoms. The van der Waals surface area contributed by atoms with Crippen LogP contribution in [0.25, 0.3) is 0 Å². The summed E-state index contributed by atoms with van der Waals surface area (Å²) in [5, 5.41) is 0.647. The van der Waals surface area contributed by atoms with Crippen LogP contribution in [0.4, 0.5) is 0 Å². The molecule has 0 bridgehead atoms. The first-order valence-corrected chi connectivity index (χ1v) is 8.01. The Morgan fingerprint density at radius 3 is 2.23 bits per heavy atom. The highest BCUT2D eigenvalue weighted by atomic mass is 35.5. The highest BCUT2D eigenvalue weighted by Gasteiger charge is 2.46. The Hall–Kier alpha value is -1.26. The van der Waals surface area contributed by atoms with E-state index in [2.05, 4.69) is 0 Å². The van der Waals surface area contributed by atoms with E-state index in [4.69, 9.17) is 32.7 Å². The molecule has 0 aromatic heterocycles. The molecule has 22 heavy (non-hydrogen) atoms. The lowest BCUT2D eigenvalue weighted by atomic mass is 9.82. The minimum Gasteiger partial charge on any atom is -0.465 e. The summed E-state index contributed by atoms with van der Waals surface area (Å²) in [4.78, 5) is 24.8. The Labute approximate surface area is 140 Å². The van der Waals surface area contributed by atoms with Crippen LogP contribution in [-0.2, 0) is 14.3 Å². The summed E-state index contributed by atoms with van der Waals surface area (Å²) in [6.45, 7) is 5.66. The van der Waals surface area contributed by atoms with E-state index in [0.29, 0.717) is 11.4 Å². The van der Waals surface area contributed by atoms with Crippen LogP contribution in [0.1, 0.15) is 40.0 Å². The number of hydrogen-bond donors (Lipinski definition) is 0. The second kappa shape index (κ2) is 8.39. The first kappa shape index (κ1) is 18.8. The van der Waals surface area contributed by atoms with Crippen LogP contribution in [0, 0.1) is 5.41 Å². The van der Waals surface area contributed by atoms with Crippen LogP contribution in [0.15, 0.2) is 18.2 Å². The predicted molar refractivity (Wildman–Crippen MR) is 86.4 cm³/mol. The van der Waals surface area contributed by atoms with Crippen molar-refractivity contribution in [3.63, 3.8) is 0 Å². The largest absolute Gasteiger partial charge is 0.465 e. The van der Waals surface area contributed by atoms with Crippen molar-refractivity contribution in [3.05, 3.63) is 28.2 Å². The van der Waals surface area contributed by atoms with Crippen molar-refractivity contribution in [2.45, 2.75) is 40.0 Å². The summed E-state index contributed by atoms with van der Waals surface area (Å²) < 4.78 is 10.5. The number of rotatable bonds is 7. The minimum atomic E-state index is -1.32. The highest BCUT2D eigenvalue weighted by Crippen LogP contribution is 2.34. The molecule has 1 aromatic carbocycles. The van der Waals surface area contributed by atoms with Gasteiger partial charge < -0.3 is 9.47 Å². The molecule has 0 amide bonds. The fourth-order valence-electron chi connectivity index (χ4n) is 2.00. The first-order chi connectivity index (χ1) is 10.4. The Kier molecular flexibility index (Phi) is 7.17. The minimum absolute atomic E-state index is 0.172. The number of halogens is 2. The summed E-state index contributed by atoms with van der Waals surface area (Å²) in [6.07, 6.45) is 1.26. The van der Waals surface area contributed by atoms with Crippen molar-refractivity contribution in [2.24, 2.45) is 5.41 Å². The summed E-state index contributed by atoms with van der Waals surface area (Å²) in [7, 11) is 0. The molecule has 122 valence electrons. The Balaban J connectivity index is 3.00. The van der Waals surface area contributed by atoms with E-state index in [1.54, 1.807) is 19.9 Å². The number of benzene rings is 1. The third-order valence-electron chi connectivity index (χ3n) is 3.52. The molecular weight excluding hydrogens is 327 g/mol. The third kappa shape index (κ3) is 4.14. The van der Waals surface area contributed by atoms with Gasteiger partial charge in [-0.15, -0.1) is 0 Å². The van der Waals surface area contributed by atoms with Crippen molar-refractivity contribution >= 4 is 35.1 Å². The van der Waals surface area contributed by atoms with Crippen LogP contribution in [0.3, 0.4) is 0 Å². The van der Waals surface area contributed by atoms with Gasteiger partial charge in [0.05, 0.1) is 11.6 Å². The zero-order chi connectivity index (χ0) is 16.8. The van der Waals surface area contributed by atoms with Crippen molar-refractivity contribution in [1.29, 1.82) is 0 Å². The molecule has 0 aliphatic carbocycles. The maximum Gasteiger partial charge on any atom is 0.328 e. The summed E-state index contributed by atoms with van der Waals surface area (Å²) in [5.74, 6) is -1.05. The van der Waals surface area contributed by atoms with Crippen LogP contribution in [0.2, 0.25) is 10.0 Å². The molecule has 0 atom stereocenters. The number of hydrogen-bond acceptors (Lipinski definition) is 4. The van der Waals surface area contributed by atoms with Gasteiger partial charge in [-0.05, 0) is 37.5 Å². The summed E-state index contributed by atoms with van der Waals surface area (Å²) >= 11 is 11.8. The van der Waals surface area contributed by atoms with Gasteiger partial charge in [0.15, 0.2) is 5.41 Å². The fourth-order valence-corrected chi connectivity index (χ4v) is 2.45. The molecule has 0 unspecified atom stereocenters. The quantitative estimate of drug-likeness (QED) is 0.409. The molecule has 4 nitrogen and oxygen atoms in total. The van der Waals surface area contributed by atoms with Gasteiger partial charge in [-0.3, -0.25) is 9.59 Å². The number of ether oxygens (including phenoxy) is 2. The zero-order valence-corrected chi connectivity index (χ0v) is 14.5. The van der Waals surface area contributed by atoms with E-state index in [9.17, 15) is 9.59 Å². The Morgan fingerprint density at radius 1 is 1.09 bits per heavy atom. The van der Waals surface area contributed by atoms with E-state index in [1.165, 1.54) is 12.1 Å². The monoisotopic (exact) mass is 346 g/mol. The standard InChI is InChI=1S/C16H20Cl2O4/c1-4-9-21-14(19)16(5-2,6-3)15(20)22-13-8-7-11(17)10-12(13)18/h7-8,10H,4-6,9H2,1-3H3. The molecule has 0 saturated carbocycles. The second-order valence-electron chi connectivity index (χ2n) is 4.89. The molecule has 0 saturated heterocycles. The highest BCUT2D eigenvalue weighted by molar-refractivity contribution is 6.35. The van der Waals surface area contributed by atoms with Crippen molar-refractivity contribution in [3.8, 4) is 5.75 Å². The maximum atomic E-state index is 12.5. The lowest BCUT2D eigenvalue weighted by molar-refractivity contribution is -0.168. The second-order valence-corrected chi connectivity index (χ2v) is 5.73. The molecule has 0 heterocycles. The molecule has 1 rings (SSSR count). The van der Waals surface area contributed by atoms with Gasteiger partial charge >= 0.3 is 11.9 Å². The predicted octanol–water partition coefficient (Wildman–Crippen LogP) is 4.66. The van der Waals surface area contributed by atoms with Crippen LogP contribution in [-0.4, -0.2) is 18.5 Å². The van der Waals surface area contributed by atoms with Gasteiger partial charge in [-0.2, -0.15) is 0 Å². The molecule has 1 aromatic rings. The lowest BCUT2D eigenvalue weighted by Gasteiger charge is -2.26. The summed E-state index contributed by atoms with van der Waals surface area (Å²) in [5.41, 5.74) is -1.32. The van der Waals surface area contributed by atoms with Crippen LogP contribution >= 0.6 is 23.2 Å². The summed E-state index contributed by atoms with van der Waals surface area (Å²) in [6, 6.07) is 4.53. The van der Waals surface area contributed by atoms with Gasteiger partial charge in [-0.25, -0.2) is 0 Å². The van der Waals surface area contributed by atoms with Crippen molar-refractivity contribution < 1.29 is 19.1 Å². The number of carbonyl (C=O) groups excluding carboxylic acids is 2. The lowest BCUT2D eigenvalue weighted by Crippen LogP contribution is -2.42. The Morgan fingerprint density at radius 2 is 1.73 bits per heavy atom. The van der Waals surface area contributed by atoms with Crippen LogP contribution < -0.4 is 4.74 Å². The van der Waals surface area contributed by atoms with Gasteiger partial charge in [0, 0.05) is 5.02 Å². The molecular formula is C16H20Cl2O4. The van der Waals surface area contributed by atoms with E-state index in [0.717, 1.165) is 0 Å². The van der Waals surface area contributed by atoms with Crippen LogP contribution in [0.5, 0.6) is 5.75 Å². The molecule has 6 heteroatoms. The van der Waals surface area contributed by atoms with Gasteiger partial charge in [-0.1, -0.05) is 44.0 Å².